The summed E-state index contributed by atoms with van der Waals surface area (Å²) in [5, 5.41) is 3.85. The first-order chi connectivity index (χ1) is 8.53. The molecule has 0 heterocycles. The molecule has 108 valence electrons. The van der Waals surface area contributed by atoms with Crippen molar-refractivity contribution in [1.82, 2.24) is 10.2 Å². The van der Waals surface area contributed by atoms with E-state index in [1.165, 1.54) is 51.5 Å². The molecule has 0 aliphatic heterocycles. The summed E-state index contributed by atoms with van der Waals surface area (Å²) in [6.45, 7) is 8.11. The van der Waals surface area contributed by atoms with Crippen molar-refractivity contribution < 1.29 is 0 Å². The molecular formula is C16H34N2. The monoisotopic (exact) mass is 254 g/mol. The molecule has 1 aliphatic carbocycles. The SMILES string of the molecule is CCCNC(CCC(C)C)C1(N(C)C)CCCC1. The number of likely N-dealkylation sites (N-methyl/N-ethyl adjacent to an activating group) is 1. The predicted octanol–water partition coefficient (Wildman–Crippen LogP) is 3.67. The zero-order valence-corrected chi connectivity index (χ0v) is 13.3. The second-order valence-corrected chi connectivity index (χ2v) is 6.68. The van der Waals surface area contributed by atoms with E-state index in [1.54, 1.807) is 0 Å². The molecule has 0 amide bonds. The second kappa shape index (κ2) is 7.49. The summed E-state index contributed by atoms with van der Waals surface area (Å²) in [7, 11) is 4.56. The molecule has 0 aromatic rings. The number of hydrogen-bond acceptors (Lipinski definition) is 2. The number of hydrogen-bond donors (Lipinski definition) is 1. The zero-order valence-electron chi connectivity index (χ0n) is 13.3. The van der Waals surface area contributed by atoms with Gasteiger partial charge in [-0.1, -0.05) is 33.6 Å². The van der Waals surface area contributed by atoms with Crippen LogP contribution in [0.5, 0.6) is 0 Å². The van der Waals surface area contributed by atoms with E-state index in [9.17, 15) is 0 Å². The molecule has 1 saturated carbocycles. The molecule has 2 heteroatoms. The van der Waals surface area contributed by atoms with E-state index in [0.717, 1.165) is 5.92 Å². The van der Waals surface area contributed by atoms with Crippen molar-refractivity contribution in [2.75, 3.05) is 20.6 Å². The van der Waals surface area contributed by atoms with Crippen molar-refractivity contribution in [3.63, 3.8) is 0 Å². The van der Waals surface area contributed by atoms with Gasteiger partial charge in [-0.15, -0.1) is 0 Å². The third kappa shape index (κ3) is 3.96. The molecule has 0 bridgehead atoms. The van der Waals surface area contributed by atoms with Crippen LogP contribution in [0.25, 0.3) is 0 Å². The average molecular weight is 254 g/mol. The molecule has 2 nitrogen and oxygen atoms in total. The van der Waals surface area contributed by atoms with Crippen LogP contribution in [0.4, 0.5) is 0 Å². The van der Waals surface area contributed by atoms with E-state index >= 15 is 0 Å². The molecule has 1 atom stereocenters. The third-order valence-electron chi connectivity index (χ3n) is 4.68. The van der Waals surface area contributed by atoms with Gasteiger partial charge >= 0.3 is 0 Å². The number of nitrogens with one attached hydrogen (secondary N) is 1. The molecule has 0 aromatic heterocycles. The molecule has 0 radical (unpaired) electrons. The standard InChI is InChI=1S/C16H34N2/c1-6-13-17-15(10-9-14(2)3)16(18(4)5)11-7-8-12-16/h14-15,17H,6-13H2,1-5H3. The van der Waals surface area contributed by atoms with Gasteiger partial charge in [0.1, 0.15) is 0 Å². The van der Waals surface area contributed by atoms with Crippen molar-refractivity contribution in [3.8, 4) is 0 Å². The second-order valence-electron chi connectivity index (χ2n) is 6.68. The van der Waals surface area contributed by atoms with Crippen molar-refractivity contribution in [2.45, 2.75) is 77.3 Å². The molecular weight excluding hydrogens is 220 g/mol. The molecule has 0 aromatic carbocycles. The van der Waals surface area contributed by atoms with Crippen molar-refractivity contribution >= 4 is 0 Å². The maximum Gasteiger partial charge on any atom is 0.0356 e. The minimum absolute atomic E-state index is 0.421. The minimum Gasteiger partial charge on any atom is -0.312 e. The Labute approximate surface area is 115 Å². The highest BCUT2D eigenvalue weighted by Gasteiger charge is 2.42. The Balaban J connectivity index is 2.70. The van der Waals surface area contributed by atoms with Gasteiger partial charge in [0.15, 0.2) is 0 Å². The van der Waals surface area contributed by atoms with E-state index in [1.807, 2.05) is 0 Å². The Morgan fingerprint density at radius 1 is 1.11 bits per heavy atom. The lowest BCUT2D eigenvalue weighted by molar-refractivity contribution is 0.0969. The molecule has 1 unspecified atom stereocenters. The molecule has 1 fully saturated rings. The van der Waals surface area contributed by atoms with Crippen LogP contribution in [0.15, 0.2) is 0 Å². The van der Waals surface area contributed by atoms with E-state index < -0.39 is 0 Å². The van der Waals surface area contributed by atoms with Gasteiger partial charge in [0.2, 0.25) is 0 Å². The van der Waals surface area contributed by atoms with Crippen LogP contribution in [0.2, 0.25) is 0 Å². The van der Waals surface area contributed by atoms with Gasteiger partial charge in [0.05, 0.1) is 0 Å². The summed E-state index contributed by atoms with van der Waals surface area (Å²) in [6, 6.07) is 0.678. The summed E-state index contributed by atoms with van der Waals surface area (Å²) in [4.78, 5) is 2.51. The summed E-state index contributed by atoms with van der Waals surface area (Å²) in [5.74, 6) is 0.816. The van der Waals surface area contributed by atoms with Gasteiger partial charge in [0, 0.05) is 11.6 Å². The predicted molar refractivity (Wildman–Crippen MR) is 81.0 cm³/mol. The Hall–Kier alpha value is -0.0800. The maximum absolute atomic E-state index is 3.85. The average Bonchev–Trinajstić information content (AvgIpc) is 2.79. The highest BCUT2D eigenvalue weighted by molar-refractivity contribution is 5.01. The van der Waals surface area contributed by atoms with E-state index in [2.05, 4.69) is 45.1 Å². The minimum atomic E-state index is 0.421. The number of rotatable bonds is 8. The van der Waals surface area contributed by atoms with Crippen LogP contribution in [0, 0.1) is 5.92 Å². The summed E-state index contributed by atoms with van der Waals surface area (Å²) < 4.78 is 0. The zero-order chi connectivity index (χ0) is 13.6. The summed E-state index contributed by atoms with van der Waals surface area (Å²) >= 11 is 0. The van der Waals surface area contributed by atoms with E-state index in [4.69, 9.17) is 0 Å². The van der Waals surface area contributed by atoms with Crippen LogP contribution in [-0.2, 0) is 0 Å². The topological polar surface area (TPSA) is 15.3 Å². The fraction of sp³-hybridized carbons (Fsp3) is 1.00. The first-order valence-corrected chi connectivity index (χ1v) is 7.93. The maximum atomic E-state index is 3.85. The molecule has 1 rings (SSSR count). The van der Waals surface area contributed by atoms with E-state index in [0.29, 0.717) is 11.6 Å². The largest absolute Gasteiger partial charge is 0.312 e. The summed E-state index contributed by atoms with van der Waals surface area (Å²) in [5.41, 5.74) is 0.421. The van der Waals surface area contributed by atoms with E-state index in [-0.39, 0.29) is 0 Å². The van der Waals surface area contributed by atoms with Gasteiger partial charge in [-0.25, -0.2) is 0 Å². The normalized spacial score (nSPS) is 20.8. The van der Waals surface area contributed by atoms with Crippen molar-refractivity contribution in [2.24, 2.45) is 5.92 Å². The lowest BCUT2D eigenvalue weighted by Crippen LogP contribution is -2.57. The van der Waals surface area contributed by atoms with Crippen molar-refractivity contribution in [3.05, 3.63) is 0 Å². The quantitative estimate of drug-likeness (QED) is 0.711. The van der Waals surface area contributed by atoms with Gasteiger partial charge < -0.3 is 10.2 Å². The molecule has 18 heavy (non-hydrogen) atoms. The van der Waals surface area contributed by atoms with Gasteiger partial charge in [-0.05, 0) is 58.7 Å². The smallest absolute Gasteiger partial charge is 0.0356 e. The van der Waals surface area contributed by atoms with Crippen LogP contribution in [-0.4, -0.2) is 37.1 Å². The van der Waals surface area contributed by atoms with Crippen LogP contribution < -0.4 is 5.32 Å². The molecule has 1 N–H and O–H groups in total. The van der Waals surface area contributed by atoms with Gasteiger partial charge in [-0.3, -0.25) is 0 Å². The van der Waals surface area contributed by atoms with Gasteiger partial charge in [0.25, 0.3) is 0 Å². The Bertz CT molecular complexity index is 217. The summed E-state index contributed by atoms with van der Waals surface area (Å²) in [6.07, 6.45) is 9.47. The fourth-order valence-electron chi connectivity index (χ4n) is 3.47. The van der Waals surface area contributed by atoms with Crippen LogP contribution in [0.1, 0.15) is 65.7 Å². The lowest BCUT2D eigenvalue weighted by atomic mass is 9.82. The lowest BCUT2D eigenvalue weighted by Gasteiger charge is -2.44. The Morgan fingerprint density at radius 2 is 1.72 bits per heavy atom. The Kier molecular flexibility index (Phi) is 6.65. The Morgan fingerprint density at radius 3 is 2.17 bits per heavy atom. The molecule has 0 saturated heterocycles. The third-order valence-corrected chi connectivity index (χ3v) is 4.68. The first kappa shape index (κ1) is 16.0. The fourth-order valence-corrected chi connectivity index (χ4v) is 3.47. The molecule has 0 spiro atoms. The van der Waals surface area contributed by atoms with Crippen molar-refractivity contribution in [1.29, 1.82) is 0 Å². The highest BCUT2D eigenvalue weighted by Crippen LogP contribution is 2.38. The van der Waals surface area contributed by atoms with Gasteiger partial charge in [-0.2, -0.15) is 0 Å². The molecule has 1 aliphatic rings. The highest BCUT2D eigenvalue weighted by atomic mass is 15.2. The van der Waals surface area contributed by atoms with Crippen LogP contribution in [0.3, 0.4) is 0 Å². The van der Waals surface area contributed by atoms with Crippen LogP contribution >= 0.6 is 0 Å². The first-order valence-electron chi connectivity index (χ1n) is 7.93. The number of nitrogens with zero attached hydrogens (tertiary/aromatic N) is 1.